The van der Waals surface area contributed by atoms with E-state index in [2.05, 4.69) is 15.3 Å². The molecule has 3 rings (SSSR count). The lowest BCUT2D eigenvalue weighted by atomic mass is 9.57. The molecule has 1 N–H and O–H groups in total. The Balaban J connectivity index is 1.57. The van der Waals surface area contributed by atoms with Gasteiger partial charge in [-0.3, -0.25) is 0 Å². The maximum Gasteiger partial charge on any atom is 0.451 e. The molecule has 2 heterocycles. The summed E-state index contributed by atoms with van der Waals surface area (Å²) in [4.78, 5) is 6.77. The molecule has 0 amide bonds. The summed E-state index contributed by atoms with van der Waals surface area (Å²) in [6.45, 7) is 2.18. The highest BCUT2D eigenvalue weighted by molar-refractivity contribution is 5.11. The molecule has 1 aliphatic carbocycles. The molecule has 0 radical (unpaired) electrons. The Morgan fingerprint density at radius 3 is 2.28 bits per heavy atom. The van der Waals surface area contributed by atoms with Gasteiger partial charge >= 0.3 is 6.18 Å². The lowest BCUT2D eigenvalue weighted by Gasteiger charge is -2.54. The van der Waals surface area contributed by atoms with E-state index < -0.39 is 12.0 Å². The first-order valence-corrected chi connectivity index (χ1v) is 6.06. The highest BCUT2D eigenvalue weighted by atomic mass is 19.4. The Morgan fingerprint density at radius 1 is 1.22 bits per heavy atom. The van der Waals surface area contributed by atoms with Crippen LogP contribution in [0.1, 0.15) is 24.2 Å². The fraction of sp³-hybridized carbons (Fsp3) is 0.667. The molecule has 1 saturated carbocycles. The van der Waals surface area contributed by atoms with E-state index in [1.165, 1.54) is 25.2 Å². The van der Waals surface area contributed by atoms with Crippen LogP contribution in [-0.4, -0.2) is 23.1 Å². The van der Waals surface area contributed by atoms with Crippen molar-refractivity contribution in [3.63, 3.8) is 0 Å². The molecule has 0 unspecified atom stereocenters. The fourth-order valence-electron chi connectivity index (χ4n) is 3.02. The van der Waals surface area contributed by atoms with Crippen molar-refractivity contribution in [2.75, 3.05) is 13.1 Å². The van der Waals surface area contributed by atoms with E-state index in [0.717, 1.165) is 25.1 Å². The van der Waals surface area contributed by atoms with Crippen LogP contribution >= 0.6 is 0 Å². The third kappa shape index (κ3) is 2.09. The zero-order valence-electron chi connectivity index (χ0n) is 9.80. The number of alkyl halides is 3. The van der Waals surface area contributed by atoms with Gasteiger partial charge in [0.15, 0.2) is 0 Å². The molecule has 0 aromatic carbocycles. The van der Waals surface area contributed by atoms with Gasteiger partial charge in [-0.2, -0.15) is 13.2 Å². The molecule has 98 valence electrons. The van der Waals surface area contributed by atoms with Crippen molar-refractivity contribution in [3.05, 3.63) is 23.8 Å². The molecule has 1 aliphatic heterocycles. The van der Waals surface area contributed by atoms with Gasteiger partial charge < -0.3 is 5.32 Å². The molecular formula is C12H14F3N3. The quantitative estimate of drug-likeness (QED) is 0.881. The Morgan fingerprint density at radius 2 is 1.83 bits per heavy atom. The highest BCUT2D eigenvalue weighted by Crippen LogP contribution is 2.49. The minimum absolute atomic E-state index is 0.497. The Bertz CT molecular complexity index is 429. The molecule has 1 aromatic rings. The van der Waals surface area contributed by atoms with Crippen molar-refractivity contribution in [1.82, 2.24) is 15.3 Å². The highest BCUT2D eigenvalue weighted by Gasteiger charge is 2.47. The number of rotatable bonds is 2. The molecular weight excluding hydrogens is 243 g/mol. The Kier molecular flexibility index (Phi) is 2.59. The van der Waals surface area contributed by atoms with Crippen LogP contribution < -0.4 is 5.32 Å². The maximum atomic E-state index is 12.3. The van der Waals surface area contributed by atoms with Crippen LogP contribution in [0.25, 0.3) is 0 Å². The van der Waals surface area contributed by atoms with Crippen molar-refractivity contribution in [3.8, 4) is 0 Å². The molecule has 3 nitrogen and oxygen atoms in total. The van der Waals surface area contributed by atoms with Crippen molar-refractivity contribution in [2.24, 2.45) is 11.3 Å². The third-order valence-electron chi connectivity index (χ3n) is 3.93. The van der Waals surface area contributed by atoms with Gasteiger partial charge in [0.25, 0.3) is 0 Å². The number of hydrogen-bond donors (Lipinski definition) is 1. The predicted octanol–water partition coefficient (Wildman–Crippen LogP) is 2.04. The number of aromatic nitrogens is 2. The lowest BCUT2D eigenvalue weighted by molar-refractivity contribution is -0.145. The molecule has 6 heteroatoms. The lowest BCUT2D eigenvalue weighted by Crippen LogP contribution is -2.60. The maximum absolute atomic E-state index is 12.3. The second-order valence-electron chi connectivity index (χ2n) is 5.49. The minimum atomic E-state index is -4.45. The van der Waals surface area contributed by atoms with E-state index >= 15 is 0 Å². The zero-order chi connectivity index (χ0) is 12.8. The SMILES string of the molecule is FC(F)(F)c1ncc(CC2CC3(CNC3)C2)cn1. The summed E-state index contributed by atoms with van der Waals surface area (Å²) in [5, 5.41) is 3.26. The third-order valence-corrected chi connectivity index (χ3v) is 3.93. The number of nitrogens with one attached hydrogen (secondary N) is 1. The molecule has 1 saturated heterocycles. The molecule has 2 aliphatic rings. The van der Waals surface area contributed by atoms with E-state index in [-0.39, 0.29) is 0 Å². The van der Waals surface area contributed by atoms with Crippen molar-refractivity contribution in [1.29, 1.82) is 0 Å². The Labute approximate surface area is 103 Å². The summed E-state index contributed by atoms with van der Waals surface area (Å²) in [7, 11) is 0. The smallest absolute Gasteiger partial charge is 0.316 e. The van der Waals surface area contributed by atoms with E-state index in [0.29, 0.717) is 11.3 Å². The van der Waals surface area contributed by atoms with Gasteiger partial charge in [0.2, 0.25) is 5.82 Å². The van der Waals surface area contributed by atoms with Gasteiger partial charge in [0.05, 0.1) is 0 Å². The average molecular weight is 257 g/mol. The summed E-state index contributed by atoms with van der Waals surface area (Å²) < 4.78 is 36.8. The van der Waals surface area contributed by atoms with Gasteiger partial charge in [-0.15, -0.1) is 0 Å². The van der Waals surface area contributed by atoms with E-state index in [1.807, 2.05) is 0 Å². The van der Waals surface area contributed by atoms with Crippen LogP contribution in [0.15, 0.2) is 12.4 Å². The first-order valence-electron chi connectivity index (χ1n) is 6.06. The van der Waals surface area contributed by atoms with Crippen molar-refractivity contribution >= 4 is 0 Å². The molecule has 0 atom stereocenters. The van der Waals surface area contributed by atoms with Gasteiger partial charge in [0.1, 0.15) is 0 Å². The average Bonchev–Trinajstić information content (AvgIpc) is 2.19. The summed E-state index contributed by atoms with van der Waals surface area (Å²) in [6, 6.07) is 0. The van der Waals surface area contributed by atoms with Crippen molar-refractivity contribution < 1.29 is 13.2 Å². The predicted molar refractivity (Wildman–Crippen MR) is 58.8 cm³/mol. The molecule has 0 bridgehead atoms. The topological polar surface area (TPSA) is 37.8 Å². The second-order valence-corrected chi connectivity index (χ2v) is 5.49. The first kappa shape index (κ1) is 11.9. The summed E-state index contributed by atoms with van der Waals surface area (Å²) >= 11 is 0. The number of hydrogen-bond acceptors (Lipinski definition) is 3. The Hall–Kier alpha value is -1.17. The monoisotopic (exact) mass is 257 g/mol. The fourth-order valence-corrected chi connectivity index (χ4v) is 3.02. The summed E-state index contributed by atoms with van der Waals surface area (Å²) in [5.41, 5.74) is 1.30. The van der Waals surface area contributed by atoms with Gasteiger partial charge in [-0.25, -0.2) is 9.97 Å². The molecule has 2 fully saturated rings. The number of halogens is 3. The van der Waals surface area contributed by atoms with Gasteiger partial charge in [0, 0.05) is 25.5 Å². The van der Waals surface area contributed by atoms with Crippen LogP contribution in [-0.2, 0) is 12.6 Å². The van der Waals surface area contributed by atoms with E-state index in [1.54, 1.807) is 0 Å². The number of nitrogens with zero attached hydrogens (tertiary/aromatic N) is 2. The normalized spacial score (nSPS) is 22.6. The van der Waals surface area contributed by atoms with Gasteiger partial charge in [-0.05, 0) is 36.2 Å². The zero-order valence-corrected chi connectivity index (χ0v) is 9.80. The molecule has 18 heavy (non-hydrogen) atoms. The van der Waals surface area contributed by atoms with E-state index in [9.17, 15) is 13.2 Å². The van der Waals surface area contributed by atoms with Crippen LogP contribution in [0.2, 0.25) is 0 Å². The van der Waals surface area contributed by atoms with Crippen LogP contribution in [0, 0.1) is 11.3 Å². The van der Waals surface area contributed by atoms with Crippen molar-refractivity contribution in [2.45, 2.75) is 25.4 Å². The molecule has 1 aromatic heterocycles. The van der Waals surface area contributed by atoms with E-state index in [4.69, 9.17) is 0 Å². The van der Waals surface area contributed by atoms with Crippen LogP contribution in [0.5, 0.6) is 0 Å². The first-order chi connectivity index (χ1) is 8.47. The van der Waals surface area contributed by atoms with Crippen LogP contribution in [0.3, 0.4) is 0 Å². The second kappa shape index (κ2) is 3.91. The standard InChI is InChI=1S/C12H14F3N3/c13-12(14,15)10-17-4-9(5-18-10)1-8-2-11(3-8)6-16-7-11/h4-5,8,16H,1-3,6-7H2. The largest absolute Gasteiger partial charge is 0.451 e. The van der Waals surface area contributed by atoms with Gasteiger partial charge in [-0.1, -0.05) is 0 Å². The minimum Gasteiger partial charge on any atom is -0.316 e. The van der Waals surface area contributed by atoms with Crippen LogP contribution in [0.4, 0.5) is 13.2 Å². The molecule has 1 spiro atoms. The summed E-state index contributed by atoms with van der Waals surface area (Å²) in [6.07, 6.45) is 1.29. The summed E-state index contributed by atoms with van der Waals surface area (Å²) in [5.74, 6) is -0.480.